The van der Waals surface area contributed by atoms with E-state index < -0.39 is 0 Å². The third kappa shape index (κ3) is 2.90. The molecular formula is C20H12I2N4. The zero-order chi connectivity index (χ0) is 17.7. The highest BCUT2D eigenvalue weighted by molar-refractivity contribution is 14.1. The largest absolute Gasteiger partial charge is 0.338 e. The van der Waals surface area contributed by atoms with Crippen LogP contribution in [-0.2, 0) is 0 Å². The van der Waals surface area contributed by atoms with Crippen LogP contribution in [0.2, 0.25) is 0 Å². The molecule has 0 saturated heterocycles. The number of hydrogen-bond donors (Lipinski definition) is 2. The molecule has 0 aliphatic rings. The monoisotopic (exact) mass is 562 g/mol. The summed E-state index contributed by atoms with van der Waals surface area (Å²) in [7, 11) is 0. The molecule has 2 heterocycles. The number of nitrogens with zero attached hydrogens (tertiary/aromatic N) is 2. The number of benzene rings is 3. The molecule has 0 saturated carbocycles. The molecule has 126 valence electrons. The number of hydrogen-bond acceptors (Lipinski definition) is 2. The standard InChI is InChI=1S/C20H12I2N4/c21-13-5-7-15-17(9-13)25-19(23-15)11-1-2-12(4-3-11)20-24-16-8-6-14(22)10-18(16)26-20/h1-10H,(H,23,25)(H,24,26). The fourth-order valence-corrected chi connectivity index (χ4v) is 4.01. The highest BCUT2D eigenvalue weighted by Gasteiger charge is 2.09. The van der Waals surface area contributed by atoms with Crippen molar-refractivity contribution < 1.29 is 0 Å². The second kappa shape index (κ2) is 6.34. The van der Waals surface area contributed by atoms with Crippen molar-refractivity contribution >= 4 is 67.2 Å². The summed E-state index contributed by atoms with van der Waals surface area (Å²) in [5, 5.41) is 0. The van der Waals surface area contributed by atoms with E-state index in [1.807, 2.05) is 12.1 Å². The number of aromatic nitrogens is 4. The number of rotatable bonds is 2. The van der Waals surface area contributed by atoms with Gasteiger partial charge in [0.1, 0.15) is 11.6 Å². The Kier molecular flexibility index (Phi) is 3.96. The first kappa shape index (κ1) is 16.2. The molecular weight excluding hydrogens is 550 g/mol. The van der Waals surface area contributed by atoms with Gasteiger partial charge < -0.3 is 9.97 Å². The van der Waals surface area contributed by atoms with E-state index in [4.69, 9.17) is 0 Å². The maximum absolute atomic E-state index is 4.69. The summed E-state index contributed by atoms with van der Waals surface area (Å²) in [6, 6.07) is 20.8. The van der Waals surface area contributed by atoms with Crippen molar-refractivity contribution in [1.82, 2.24) is 19.9 Å². The molecule has 0 unspecified atom stereocenters. The van der Waals surface area contributed by atoms with Crippen LogP contribution in [-0.4, -0.2) is 19.9 Å². The average Bonchev–Trinajstić information content (AvgIpc) is 3.25. The number of imidazole rings is 2. The van der Waals surface area contributed by atoms with Crippen LogP contribution >= 0.6 is 45.2 Å². The molecule has 5 rings (SSSR count). The Morgan fingerprint density at radius 3 is 1.42 bits per heavy atom. The summed E-state index contributed by atoms with van der Waals surface area (Å²) in [5.74, 6) is 1.76. The van der Waals surface area contributed by atoms with Crippen molar-refractivity contribution in [1.29, 1.82) is 0 Å². The predicted octanol–water partition coefficient (Wildman–Crippen LogP) is 5.98. The van der Waals surface area contributed by atoms with Crippen LogP contribution in [0.25, 0.3) is 44.8 Å². The Bertz CT molecular complexity index is 1150. The molecule has 0 amide bonds. The maximum Gasteiger partial charge on any atom is 0.138 e. The Hall–Kier alpha value is -1.94. The Labute approximate surface area is 176 Å². The Balaban J connectivity index is 1.52. The lowest BCUT2D eigenvalue weighted by Gasteiger charge is -1.99. The van der Waals surface area contributed by atoms with E-state index in [0.717, 1.165) is 44.8 Å². The minimum atomic E-state index is 0.882. The fourth-order valence-electron chi connectivity index (χ4n) is 3.02. The van der Waals surface area contributed by atoms with E-state index in [0.29, 0.717) is 0 Å². The minimum Gasteiger partial charge on any atom is -0.338 e. The fraction of sp³-hybridized carbons (Fsp3) is 0. The third-order valence-electron chi connectivity index (χ3n) is 4.32. The van der Waals surface area contributed by atoms with Crippen LogP contribution in [0.3, 0.4) is 0 Å². The molecule has 0 atom stereocenters. The van der Waals surface area contributed by atoms with E-state index in [1.54, 1.807) is 0 Å². The van der Waals surface area contributed by atoms with Gasteiger partial charge in [-0.15, -0.1) is 0 Å². The van der Waals surface area contributed by atoms with Crippen LogP contribution in [0.15, 0.2) is 60.7 Å². The minimum absolute atomic E-state index is 0.882. The normalized spacial score (nSPS) is 11.5. The van der Waals surface area contributed by atoms with Gasteiger partial charge >= 0.3 is 0 Å². The smallest absolute Gasteiger partial charge is 0.138 e. The lowest BCUT2D eigenvalue weighted by atomic mass is 10.1. The first-order valence-corrected chi connectivity index (χ1v) is 10.2. The molecule has 2 N–H and O–H groups in total. The zero-order valence-corrected chi connectivity index (χ0v) is 17.7. The topological polar surface area (TPSA) is 57.4 Å². The summed E-state index contributed by atoms with van der Waals surface area (Å²) in [6.45, 7) is 0. The van der Waals surface area contributed by atoms with Crippen LogP contribution < -0.4 is 0 Å². The van der Waals surface area contributed by atoms with Gasteiger partial charge in [0.15, 0.2) is 0 Å². The van der Waals surface area contributed by atoms with E-state index in [9.17, 15) is 0 Å². The summed E-state index contributed by atoms with van der Waals surface area (Å²) in [6.07, 6.45) is 0. The highest BCUT2D eigenvalue weighted by Crippen LogP contribution is 2.26. The molecule has 5 aromatic rings. The van der Waals surface area contributed by atoms with Crippen molar-refractivity contribution in [2.75, 3.05) is 0 Å². The molecule has 4 nitrogen and oxygen atoms in total. The molecule has 0 spiro atoms. The molecule has 3 aromatic carbocycles. The summed E-state index contributed by atoms with van der Waals surface area (Å²) >= 11 is 4.62. The van der Waals surface area contributed by atoms with E-state index in [-0.39, 0.29) is 0 Å². The molecule has 0 fully saturated rings. The van der Waals surface area contributed by atoms with Crippen molar-refractivity contribution in [2.45, 2.75) is 0 Å². The first-order valence-electron chi connectivity index (χ1n) is 8.07. The van der Waals surface area contributed by atoms with E-state index in [2.05, 4.69) is 114 Å². The molecule has 0 aliphatic heterocycles. The second-order valence-electron chi connectivity index (χ2n) is 6.07. The van der Waals surface area contributed by atoms with Gasteiger partial charge in [-0.1, -0.05) is 24.3 Å². The van der Waals surface area contributed by atoms with Gasteiger partial charge in [-0.25, -0.2) is 9.97 Å². The van der Waals surface area contributed by atoms with Crippen LogP contribution in [0.5, 0.6) is 0 Å². The zero-order valence-electron chi connectivity index (χ0n) is 13.4. The highest BCUT2D eigenvalue weighted by atomic mass is 127. The predicted molar refractivity (Wildman–Crippen MR) is 122 cm³/mol. The van der Waals surface area contributed by atoms with Gasteiger partial charge in [-0.05, 0) is 81.6 Å². The number of nitrogens with one attached hydrogen (secondary N) is 2. The molecule has 6 heteroatoms. The van der Waals surface area contributed by atoms with Crippen molar-refractivity contribution in [3.05, 3.63) is 67.8 Å². The summed E-state index contributed by atoms with van der Waals surface area (Å²) < 4.78 is 2.39. The van der Waals surface area contributed by atoms with Crippen LogP contribution in [0.4, 0.5) is 0 Å². The SMILES string of the molecule is Ic1ccc2nc(-c3ccc(-c4nc5ccc(I)cc5[nH]4)cc3)[nH]c2c1. The lowest BCUT2D eigenvalue weighted by Crippen LogP contribution is -1.83. The van der Waals surface area contributed by atoms with Crippen molar-refractivity contribution in [3.8, 4) is 22.8 Å². The molecule has 0 aliphatic carbocycles. The average molecular weight is 562 g/mol. The van der Waals surface area contributed by atoms with Gasteiger partial charge in [-0.2, -0.15) is 0 Å². The quantitative estimate of drug-likeness (QED) is 0.260. The molecule has 2 aromatic heterocycles. The molecule has 0 radical (unpaired) electrons. The Morgan fingerprint density at radius 1 is 0.577 bits per heavy atom. The van der Waals surface area contributed by atoms with Gasteiger partial charge in [0.25, 0.3) is 0 Å². The first-order chi connectivity index (χ1) is 12.7. The summed E-state index contributed by atoms with van der Waals surface area (Å²) in [5.41, 5.74) is 6.20. The third-order valence-corrected chi connectivity index (χ3v) is 5.66. The van der Waals surface area contributed by atoms with Crippen LogP contribution in [0.1, 0.15) is 0 Å². The summed E-state index contributed by atoms with van der Waals surface area (Å²) in [4.78, 5) is 16.2. The van der Waals surface area contributed by atoms with Gasteiger partial charge in [-0.3, -0.25) is 0 Å². The van der Waals surface area contributed by atoms with Crippen LogP contribution in [0, 0.1) is 7.14 Å². The number of fused-ring (bicyclic) bond motifs is 2. The molecule has 26 heavy (non-hydrogen) atoms. The molecule has 0 bridgehead atoms. The van der Waals surface area contributed by atoms with Gasteiger partial charge in [0.05, 0.1) is 22.1 Å². The van der Waals surface area contributed by atoms with Crippen molar-refractivity contribution in [2.24, 2.45) is 0 Å². The van der Waals surface area contributed by atoms with Crippen molar-refractivity contribution in [3.63, 3.8) is 0 Å². The van der Waals surface area contributed by atoms with E-state index in [1.165, 1.54) is 7.14 Å². The number of halogens is 2. The maximum atomic E-state index is 4.69. The number of aromatic amines is 2. The van der Waals surface area contributed by atoms with Gasteiger partial charge in [0.2, 0.25) is 0 Å². The lowest BCUT2D eigenvalue weighted by molar-refractivity contribution is 1.32. The second-order valence-corrected chi connectivity index (χ2v) is 8.56. The van der Waals surface area contributed by atoms with E-state index >= 15 is 0 Å². The number of H-pyrrole nitrogens is 2. The van der Waals surface area contributed by atoms with Gasteiger partial charge in [0, 0.05) is 18.3 Å². The Morgan fingerprint density at radius 2 is 1.00 bits per heavy atom.